The number of halogens is 2. The Kier molecular flexibility index (Phi) is 8.88. The molecule has 3 saturated heterocycles. The first-order valence-corrected chi connectivity index (χ1v) is 15.9. The highest BCUT2D eigenvalue weighted by molar-refractivity contribution is 7.86. The topological polar surface area (TPSA) is 90.2 Å². The molecule has 39 heavy (non-hydrogen) atoms. The van der Waals surface area contributed by atoms with E-state index in [0.29, 0.717) is 35.7 Å². The smallest absolute Gasteiger partial charge is 0.276 e. The molecule has 0 saturated carbocycles. The van der Waals surface area contributed by atoms with Gasteiger partial charge in [-0.1, -0.05) is 47.5 Å². The molecule has 212 valence electrons. The van der Waals surface area contributed by atoms with E-state index in [4.69, 9.17) is 28.3 Å². The molecule has 3 aliphatic heterocycles. The Bertz CT molecular complexity index is 1270. The first-order valence-electron chi connectivity index (χ1n) is 13.7. The Morgan fingerprint density at radius 2 is 1.69 bits per heavy atom. The van der Waals surface area contributed by atoms with Crippen molar-refractivity contribution in [1.82, 2.24) is 19.0 Å². The van der Waals surface area contributed by atoms with E-state index in [2.05, 4.69) is 15.9 Å². The van der Waals surface area contributed by atoms with E-state index < -0.39 is 10.2 Å². The average molecular weight is 595 g/mol. The van der Waals surface area contributed by atoms with E-state index >= 15 is 0 Å². The molecule has 0 unspecified atom stereocenters. The molecular formula is C28H37Cl2N5O3S. The molecule has 11 heteroatoms. The van der Waals surface area contributed by atoms with Gasteiger partial charge in [-0.2, -0.15) is 12.7 Å². The van der Waals surface area contributed by atoms with Gasteiger partial charge in [-0.25, -0.2) is 5.14 Å². The Morgan fingerprint density at radius 3 is 2.36 bits per heavy atom. The Morgan fingerprint density at radius 1 is 0.974 bits per heavy atom. The molecule has 3 heterocycles. The fourth-order valence-corrected chi connectivity index (χ4v) is 7.37. The molecule has 0 aromatic heterocycles. The summed E-state index contributed by atoms with van der Waals surface area (Å²) in [5.74, 6) is 0.0767. The van der Waals surface area contributed by atoms with Gasteiger partial charge in [-0.15, -0.1) is 0 Å². The van der Waals surface area contributed by atoms with Crippen molar-refractivity contribution in [2.45, 2.75) is 37.1 Å². The maximum Gasteiger partial charge on any atom is 0.276 e. The van der Waals surface area contributed by atoms with E-state index in [0.717, 1.165) is 76.1 Å². The standard InChI is InChI=1S/C28H37Cl2N5O3S/c29-25-9-8-23(18-26(25)30)28(11-5-13-34(21-28)27(36)22-6-2-1-3-7-22)10-4-12-32-19-24(20-32)33-14-16-35(17-15-33)39(31,37)38/h1-3,6-9,18,24H,4-5,10-17,19-21H2,(H2,31,37,38)/t28-/m0/s1. The minimum atomic E-state index is -3.60. The highest BCUT2D eigenvalue weighted by Crippen LogP contribution is 2.41. The van der Waals surface area contributed by atoms with Crippen molar-refractivity contribution in [2.75, 3.05) is 58.9 Å². The lowest BCUT2D eigenvalue weighted by Gasteiger charge is -2.48. The van der Waals surface area contributed by atoms with E-state index in [9.17, 15) is 13.2 Å². The molecule has 1 atom stereocenters. The largest absolute Gasteiger partial charge is 0.338 e. The molecule has 3 fully saturated rings. The Labute approximate surface area is 241 Å². The number of amides is 1. The second-order valence-corrected chi connectivity index (χ2v) is 13.5. The van der Waals surface area contributed by atoms with Crippen molar-refractivity contribution in [3.05, 3.63) is 69.7 Å². The number of piperidine rings is 1. The highest BCUT2D eigenvalue weighted by Gasteiger charge is 2.40. The van der Waals surface area contributed by atoms with Crippen LogP contribution in [0.4, 0.5) is 0 Å². The lowest BCUT2D eigenvalue weighted by Crippen LogP contribution is -2.63. The number of benzene rings is 2. The molecule has 3 aliphatic rings. The molecule has 2 N–H and O–H groups in total. The van der Waals surface area contributed by atoms with Gasteiger partial charge in [0.05, 0.1) is 10.0 Å². The molecule has 0 aliphatic carbocycles. The van der Waals surface area contributed by atoms with Crippen LogP contribution in [0.2, 0.25) is 10.0 Å². The van der Waals surface area contributed by atoms with Crippen LogP contribution in [-0.2, 0) is 15.6 Å². The van der Waals surface area contributed by atoms with Crippen molar-refractivity contribution in [1.29, 1.82) is 0 Å². The maximum absolute atomic E-state index is 13.4. The fourth-order valence-electron chi connectivity index (χ4n) is 6.40. The number of carbonyl (C=O) groups excluding carboxylic acids is 1. The van der Waals surface area contributed by atoms with Gasteiger partial charge in [0.1, 0.15) is 0 Å². The van der Waals surface area contributed by atoms with Gasteiger partial charge in [-0.3, -0.25) is 9.69 Å². The van der Waals surface area contributed by atoms with Crippen LogP contribution in [-0.4, -0.2) is 98.3 Å². The van der Waals surface area contributed by atoms with Crippen molar-refractivity contribution in [3.63, 3.8) is 0 Å². The highest BCUT2D eigenvalue weighted by atomic mass is 35.5. The predicted octanol–water partition coefficient (Wildman–Crippen LogP) is 3.45. The normalized spacial score (nSPS) is 24.0. The van der Waals surface area contributed by atoms with Crippen LogP contribution in [0.3, 0.4) is 0 Å². The molecule has 5 rings (SSSR count). The van der Waals surface area contributed by atoms with Gasteiger partial charge in [0.25, 0.3) is 16.1 Å². The summed E-state index contributed by atoms with van der Waals surface area (Å²) in [6.45, 7) is 6.75. The zero-order valence-electron chi connectivity index (χ0n) is 22.1. The zero-order valence-corrected chi connectivity index (χ0v) is 24.5. The van der Waals surface area contributed by atoms with Crippen LogP contribution >= 0.6 is 23.2 Å². The van der Waals surface area contributed by atoms with Crippen LogP contribution in [0.25, 0.3) is 0 Å². The first kappa shape index (κ1) is 28.8. The Hall–Kier alpha value is -1.72. The zero-order chi connectivity index (χ0) is 27.6. The number of rotatable bonds is 8. The second kappa shape index (κ2) is 12.0. The van der Waals surface area contributed by atoms with Gasteiger partial charge < -0.3 is 9.80 Å². The van der Waals surface area contributed by atoms with Crippen molar-refractivity contribution in [2.24, 2.45) is 5.14 Å². The molecule has 1 amide bonds. The average Bonchev–Trinajstić information content (AvgIpc) is 2.91. The summed E-state index contributed by atoms with van der Waals surface area (Å²) in [5, 5.41) is 6.37. The number of hydrogen-bond donors (Lipinski definition) is 1. The number of likely N-dealkylation sites (tertiary alicyclic amines) is 2. The van der Waals surface area contributed by atoms with Crippen LogP contribution in [0.5, 0.6) is 0 Å². The number of carbonyl (C=O) groups is 1. The molecule has 2 aromatic carbocycles. The van der Waals surface area contributed by atoms with Gasteiger partial charge in [0.2, 0.25) is 0 Å². The summed E-state index contributed by atoms with van der Waals surface area (Å²) >= 11 is 12.7. The minimum absolute atomic E-state index is 0.0767. The summed E-state index contributed by atoms with van der Waals surface area (Å²) in [6, 6.07) is 15.9. The molecule has 0 bridgehead atoms. The third kappa shape index (κ3) is 6.62. The van der Waals surface area contributed by atoms with Crippen molar-refractivity contribution in [3.8, 4) is 0 Å². The second-order valence-electron chi connectivity index (χ2n) is 11.1. The molecule has 2 aromatic rings. The van der Waals surface area contributed by atoms with Crippen LogP contribution < -0.4 is 5.14 Å². The minimum Gasteiger partial charge on any atom is -0.338 e. The van der Waals surface area contributed by atoms with E-state index in [1.807, 2.05) is 47.4 Å². The Balaban J connectivity index is 1.20. The monoisotopic (exact) mass is 593 g/mol. The van der Waals surface area contributed by atoms with Gasteiger partial charge in [-0.05, 0) is 62.1 Å². The SMILES string of the molecule is NS(=O)(=O)N1CCN(C2CN(CCC[C@]3(c4ccc(Cl)c(Cl)c4)CCCN(C(=O)c4ccccc4)C3)C2)CC1. The first-order chi connectivity index (χ1) is 18.6. The van der Waals surface area contributed by atoms with Crippen LogP contribution in [0.15, 0.2) is 48.5 Å². The molecule has 0 radical (unpaired) electrons. The van der Waals surface area contributed by atoms with Gasteiger partial charge in [0, 0.05) is 69.4 Å². The molecular weight excluding hydrogens is 557 g/mol. The van der Waals surface area contributed by atoms with Gasteiger partial charge >= 0.3 is 0 Å². The van der Waals surface area contributed by atoms with Gasteiger partial charge in [0.15, 0.2) is 0 Å². The summed E-state index contributed by atoms with van der Waals surface area (Å²) < 4.78 is 24.5. The third-order valence-electron chi connectivity index (χ3n) is 8.63. The lowest BCUT2D eigenvalue weighted by atomic mass is 9.70. The number of piperazine rings is 1. The quantitative estimate of drug-likeness (QED) is 0.506. The molecule has 8 nitrogen and oxygen atoms in total. The number of nitrogens with two attached hydrogens (primary N) is 1. The van der Waals surface area contributed by atoms with Crippen LogP contribution in [0.1, 0.15) is 41.6 Å². The van der Waals surface area contributed by atoms with Crippen molar-refractivity contribution >= 4 is 39.3 Å². The maximum atomic E-state index is 13.4. The van der Waals surface area contributed by atoms with E-state index in [1.165, 1.54) is 4.31 Å². The number of nitrogens with zero attached hydrogens (tertiary/aromatic N) is 4. The molecule has 0 spiro atoms. The third-order valence-corrected chi connectivity index (χ3v) is 10.5. The number of hydrogen-bond acceptors (Lipinski definition) is 5. The fraction of sp³-hybridized carbons (Fsp3) is 0.536. The van der Waals surface area contributed by atoms with Crippen LogP contribution in [0, 0.1) is 0 Å². The summed E-state index contributed by atoms with van der Waals surface area (Å²) in [5.41, 5.74) is 1.70. The lowest BCUT2D eigenvalue weighted by molar-refractivity contribution is 0.0146. The van der Waals surface area contributed by atoms with E-state index in [1.54, 1.807) is 0 Å². The summed E-state index contributed by atoms with van der Waals surface area (Å²) in [6.07, 6.45) is 3.91. The predicted molar refractivity (Wildman–Crippen MR) is 155 cm³/mol. The summed E-state index contributed by atoms with van der Waals surface area (Å²) in [7, 11) is -3.60. The van der Waals surface area contributed by atoms with Crippen molar-refractivity contribution < 1.29 is 13.2 Å². The van der Waals surface area contributed by atoms with E-state index in [-0.39, 0.29) is 11.3 Å². The summed E-state index contributed by atoms with van der Waals surface area (Å²) in [4.78, 5) is 20.2.